The van der Waals surface area contributed by atoms with Gasteiger partial charge in [0.05, 0.1) is 6.54 Å². The Kier molecular flexibility index (Phi) is 6.21. The molecule has 0 spiro atoms. The first-order valence-electron chi connectivity index (χ1n) is 7.96. The third-order valence-corrected chi connectivity index (χ3v) is 5.04. The van der Waals surface area contributed by atoms with Crippen molar-refractivity contribution in [2.45, 2.75) is 45.8 Å². The van der Waals surface area contributed by atoms with Crippen LogP contribution in [0.25, 0.3) is 0 Å². The SMILES string of the molecule is CCN(CC)CCCC(C)N1C(=O)CNC1c1ccsc1. The lowest BCUT2D eigenvalue weighted by Gasteiger charge is -2.30. The summed E-state index contributed by atoms with van der Waals surface area (Å²) in [7, 11) is 0. The van der Waals surface area contributed by atoms with Crippen molar-refractivity contribution >= 4 is 17.2 Å². The van der Waals surface area contributed by atoms with Crippen LogP contribution >= 0.6 is 11.3 Å². The number of thiophene rings is 1. The number of carbonyl (C=O) groups excluding carboxylic acids is 1. The molecule has 1 N–H and O–H groups in total. The molecule has 2 atom stereocenters. The number of rotatable bonds is 8. The second kappa shape index (κ2) is 7.92. The zero-order valence-corrected chi connectivity index (χ0v) is 14.2. The highest BCUT2D eigenvalue weighted by Crippen LogP contribution is 2.27. The van der Waals surface area contributed by atoms with E-state index in [9.17, 15) is 4.79 Å². The Balaban J connectivity index is 1.90. The maximum Gasteiger partial charge on any atom is 0.238 e. The molecule has 1 fully saturated rings. The molecule has 1 saturated heterocycles. The molecule has 2 heterocycles. The summed E-state index contributed by atoms with van der Waals surface area (Å²) in [6.07, 6.45) is 2.26. The van der Waals surface area contributed by atoms with Crippen molar-refractivity contribution in [3.63, 3.8) is 0 Å². The molecule has 5 heteroatoms. The van der Waals surface area contributed by atoms with Gasteiger partial charge in [-0.25, -0.2) is 0 Å². The molecule has 1 aromatic heterocycles. The number of carbonyl (C=O) groups is 1. The zero-order valence-electron chi connectivity index (χ0n) is 13.3. The second-order valence-corrected chi connectivity index (χ2v) is 6.44. The monoisotopic (exact) mass is 309 g/mol. The molecule has 0 aromatic carbocycles. The van der Waals surface area contributed by atoms with Crippen molar-refractivity contribution in [2.24, 2.45) is 0 Å². The van der Waals surface area contributed by atoms with Crippen molar-refractivity contribution < 1.29 is 4.79 Å². The van der Waals surface area contributed by atoms with E-state index in [2.05, 4.69) is 47.8 Å². The maximum atomic E-state index is 12.2. The van der Waals surface area contributed by atoms with Gasteiger partial charge in [-0.2, -0.15) is 11.3 Å². The third-order valence-electron chi connectivity index (χ3n) is 4.34. The molecular weight excluding hydrogens is 282 g/mol. The third kappa shape index (κ3) is 4.05. The Morgan fingerprint density at radius 2 is 2.24 bits per heavy atom. The minimum absolute atomic E-state index is 0.0622. The highest BCUT2D eigenvalue weighted by atomic mass is 32.1. The molecule has 1 amide bonds. The Hall–Kier alpha value is -0.910. The molecule has 1 aliphatic rings. The average Bonchev–Trinajstić information content (AvgIpc) is 3.12. The minimum atomic E-state index is 0.0622. The second-order valence-electron chi connectivity index (χ2n) is 5.66. The largest absolute Gasteiger partial charge is 0.319 e. The number of hydrogen-bond donors (Lipinski definition) is 1. The Labute approximate surface area is 132 Å². The van der Waals surface area contributed by atoms with Gasteiger partial charge in [0.15, 0.2) is 0 Å². The lowest BCUT2D eigenvalue weighted by Crippen LogP contribution is -2.38. The zero-order chi connectivity index (χ0) is 15.2. The Morgan fingerprint density at radius 3 is 2.86 bits per heavy atom. The average molecular weight is 309 g/mol. The van der Waals surface area contributed by atoms with Crippen molar-refractivity contribution in [2.75, 3.05) is 26.2 Å². The standard InChI is InChI=1S/C16H27N3OS/c1-4-18(5-2)9-6-7-13(3)19-15(20)11-17-16(19)14-8-10-21-12-14/h8,10,12-13,16-17H,4-7,9,11H2,1-3H3. The topological polar surface area (TPSA) is 35.6 Å². The summed E-state index contributed by atoms with van der Waals surface area (Å²) < 4.78 is 0. The van der Waals surface area contributed by atoms with Crippen LogP contribution in [0.3, 0.4) is 0 Å². The van der Waals surface area contributed by atoms with E-state index in [-0.39, 0.29) is 18.1 Å². The predicted octanol–water partition coefficient (Wildman–Crippen LogP) is 2.69. The molecule has 21 heavy (non-hydrogen) atoms. The van der Waals surface area contributed by atoms with E-state index in [1.807, 2.05) is 4.90 Å². The van der Waals surface area contributed by atoms with E-state index in [0.717, 1.165) is 32.5 Å². The fourth-order valence-electron chi connectivity index (χ4n) is 3.02. The van der Waals surface area contributed by atoms with E-state index in [1.165, 1.54) is 5.56 Å². The number of amides is 1. The molecular formula is C16H27N3OS. The van der Waals surface area contributed by atoms with Gasteiger partial charge in [-0.1, -0.05) is 13.8 Å². The van der Waals surface area contributed by atoms with Crippen molar-refractivity contribution in [3.8, 4) is 0 Å². The van der Waals surface area contributed by atoms with Gasteiger partial charge in [0.1, 0.15) is 6.17 Å². The normalized spacial score (nSPS) is 20.5. The fraction of sp³-hybridized carbons (Fsp3) is 0.688. The summed E-state index contributed by atoms with van der Waals surface area (Å²) in [5.41, 5.74) is 1.21. The summed E-state index contributed by atoms with van der Waals surface area (Å²) in [6.45, 7) is 10.4. The lowest BCUT2D eigenvalue weighted by molar-refractivity contribution is -0.130. The number of nitrogens with zero attached hydrogens (tertiary/aromatic N) is 2. The van der Waals surface area contributed by atoms with Crippen molar-refractivity contribution in [3.05, 3.63) is 22.4 Å². The van der Waals surface area contributed by atoms with Crippen LogP contribution in [0.1, 0.15) is 45.3 Å². The molecule has 118 valence electrons. The van der Waals surface area contributed by atoms with Crippen LogP contribution in [0.15, 0.2) is 16.8 Å². The van der Waals surface area contributed by atoms with E-state index < -0.39 is 0 Å². The molecule has 1 aliphatic heterocycles. The van der Waals surface area contributed by atoms with Crippen LogP contribution in [0.2, 0.25) is 0 Å². The van der Waals surface area contributed by atoms with Crippen molar-refractivity contribution in [1.82, 2.24) is 15.1 Å². The van der Waals surface area contributed by atoms with Crippen LogP contribution in [0, 0.1) is 0 Å². The van der Waals surface area contributed by atoms with Gasteiger partial charge in [0.25, 0.3) is 0 Å². The lowest BCUT2D eigenvalue weighted by atomic mass is 10.1. The molecule has 0 bridgehead atoms. The fourth-order valence-corrected chi connectivity index (χ4v) is 3.70. The predicted molar refractivity (Wildman–Crippen MR) is 88.4 cm³/mol. The van der Waals surface area contributed by atoms with E-state index in [1.54, 1.807) is 11.3 Å². The van der Waals surface area contributed by atoms with Crippen LogP contribution in [-0.2, 0) is 4.79 Å². The molecule has 0 aliphatic carbocycles. The number of hydrogen-bond acceptors (Lipinski definition) is 4. The van der Waals surface area contributed by atoms with Gasteiger partial charge in [-0.3, -0.25) is 10.1 Å². The number of nitrogens with one attached hydrogen (secondary N) is 1. The minimum Gasteiger partial charge on any atom is -0.319 e. The molecule has 1 aromatic rings. The van der Waals surface area contributed by atoms with Gasteiger partial charge in [-0.05, 0) is 61.8 Å². The Morgan fingerprint density at radius 1 is 1.48 bits per heavy atom. The maximum absolute atomic E-state index is 12.2. The summed E-state index contributed by atoms with van der Waals surface area (Å²) >= 11 is 1.68. The van der Waals surface area contributed by atoms with E-state index >= 15 is 0 Å². The van der Waals surface area contributed by atoms with E-state index in [0.29, 0.717) is 6.54 Å². The van der Waals surface area contributed by atoms with Crippen LogP contribution < -0.4 is 5.32 Å². The van der Waals surface area contributed by atoms with Crippen LogP contribution in [0.5, 0.6) is 0 Å². The first-order valence-corrected chi connectivity index (χ1v) is 8.90. The highest BCUT2D eigenvalue weighted by molar-refractivity contribution is 7.07. The van der Waals surface area contributed by atoms with Gasteiger partial charge in [-0.15, -0.1) is 0 Å². The van der Waals surface area contributed by atoms with Gasteiger partial charge < -0.3 is 9.80 Å². The quantitative estimate of drug-likeness (QED) is 0.802. The molecule has 0 radical (unpaired) electrons. The molecule has 0 saturated carbocycles. The van der Waals surface area contributed by atoms with Crippen molar-refractivity contribution in [1.29, 1.82) is 0 Å². The molecule has 2 rings (SSSR count). The first kappa shape index (κ1) is 16.5. The van der Waals surface area contributed by atoms with Gasteiger partial charge in [0, 0.05) is 6.04 Å². The molecule has 4 nitrogen and oxygen atoms in total. The summed E-state index contributed by atoms with van der Waals surface area (Å²) in [5, 5.41) is 7.54. The van der Waals surface area contributed by atoms with Crippen LogP contribution in [0.4, 0.5) is 0 Å². The Bertz CT molecular complexity index is 431. The summed E-state index contributed by atoms with van der Waals surface area (Å²) in [6, 6.07) is 2.39. The molecule has 2 unspecified atom stereocenters. The first-order chi connectivity index (χ1) is 10.2. The highest BCUT2D eigenvalue weighted by Gasteiger charge is 2.34. The van der Waals surface area contributed by atoms with Gasteiger partial charge >= 0.3 is 0 Å². The smallest absolute Gasteiger partial charge is 0.238 e. The summed E-state index contributed by atoms with van der Waals surface area (Å²) in [5.74, 6) is 0.224. The van der Waals surface area contributed by atoms with Gasteiger partial charge in [0.2, 0.25) is 5.91 Å². The summed E-state index contributed by atoms with van der Waals surface area (Å²) in [4.78, 5) is 16.7. The van der Waals surface area contributed by atoms with Crippen LogP contribution in [-0.4, -0.2) is 47.9 Å². The van der Waals surface area contributed by atoms with E-state index in [4.69, 9.17) is 0 Å².